The molecule has 1 unspecified atom stereocenters. The Morgan fingerprint density at radius 3 is 2.24 bits per heavy atom. The molecule has 0 saturated carbocycles. The summed E-state index contributed by atoms with van der Waals surface area (Å²) >= 11 is 3.17. The third-order valence-electron chi connectivity index (χ3n) is 8.52. The number of ketones is 1. The van der Waals surface area contributed by atoms with Crippen LogP contribution in [0.25, 0.3) is 10.6 Å². The van der Waals surface area contributed by atoms with E-state index in [0.29, 0.717) is 34.2 Å². The molecule has 7 nitrogen and oxygen atoms in total. The number of thioether (sulfide) groups is 1. The van der Waals surface area contributed by atoms with Crippen molar-refractivity contribution in [3.8, 4) is 16.3 Å². The van der Waals surface area contributed by atoms with Crippen molar-refractivity contribution in [3.05, 3.63) is 94.0 Å². The molecule has 266 valence electrons. The molecule has 0 bridgehead atoms. The van der Waals surface area contributed by atoms with Crippen molar-refractivity contribution in [1.82, 2.24) is 9.88 Å². The highest BCUT2D eigenvalue weighted by Gasteiger charge is 2.30. The molecule has 50 heavy (non-hydrogen) atoms. The molecule has 1 saturated heterocycles. The van der Waals surface area contributed by atoms with Gasteiger partial charge in [-0.25, -0.2) is 9.78 Å². The molecule has 0 radical (unpaired) electrons. The highest BCUT2D eigenvalue weighted by molar-refractivity contribution is 7.98. The molecular formula is C38H42F3N3O4S2. The van der Waals surface area contributed by atoms with Gasteiger partial charge in [0.05, 0.1) is 17.9 Å². The van der Waals surface area contributed by atoms with E-state index >= 15 is 0 Å². The molecule has 0 spiro atoms. The van der Waals surface area contributed by atoms with Crippen LogP contribution in [0, 0.1) is 0 Å². The van der Waals surface area contributed by atoms with Crippen molar-refractivity contribution in [2.45, 2.75) is 70.0 Å². The van der Waals surface area contributed by atoms with Crippen LogP contribution in [0.15, 0.2) is 71.6 Å². The van der Waals surface area contributed by atoms with Gasteiger partial charge in [0.15, 0.2) is 11.9 Å². The van der Waals surface area contributed by atoms with Gasteiger partial charge >= 0.3 is 12.1 Å². The predicted molar refractivity (Wildman–Crippen MR) is 193 cm³/mol. The number of Topliss-reactive ketones (excluding diaryl/α,β-unsaturated/α-hetero) is 1. The number of benzene rings is 3. The van der Waals surface area contributed by atoms with E-state index in [1.807, 2.05) is 36.4 Å². The van der Waals surface area contributed by atoms with E-state index < -0.39 is 23.8 Å². The summed E-state index contributed by atoms with van der Waals surface area (Å²) in [5, 5.41) is 0.688. The molecular weight excluding hydrogens is 684 g/mol. The van der Waals surface area contributed by atoms with Gasteiger partial charge in [-0.05, 0) is 86.8 Å². The van der Waals surface area contributed by atoms with Gasteiger partial charge in [0.1, 0.15) is 10.8 Å². The maximum atomic E-state index is 13.3. The van der Waals surface area contributed by atoms with Crippen molar-refractivity contribution >= 4 is 40.5 Å². The largest absolute Gasteiger partial charge is 0.479 e. The van der Waals surface area contributed by atoms with Crippen LogP contribution in [0.5, 0.6) is 5.75 Å². The van der Waals surface area contributed by atoms with E-state index in [1.54, 1.807) is 32.5 Å². The van der Waals surface area contributed by atoms with Crippen LogP contribution in [0.1, 0.15) is 72.6 Å². The zero-order valence-corrected chi connectivity index (χ0v) is 30.5. The van der Waals surface area contributed by atoms with Crippen molar-refractivity contribution in [3.63, 3.8) is 0 Å². The lowest BCUT2D eigenvalue weighted by molar-refractivity contribution is -0.150. The van der Waals surface area contributed by atoms with Crippen molar-refractivity contribution < 1.29 is 32.2 Å². The quantitative estimate of drug-likeness (QED) is 0.0769. The maximum absolute atomic E-state index is 13.3. The summed E-state index contributed by atoms with van der Waals surface area (Å²) in [5.74, 6) is 1.05. The van der Waals surface area contributed by atoms with Gasteiger partial charge < -0.3 is 14.4 Å². The van der Waals surface area contributed by atoms with Crippen molar-refractivity contribution in [2.75, 3.05) is 37.7 Å². The summed E-state index contributed by atoms with van der Waals surface area (Å²) < 4.78 is 50.9. The van der Waals surface area contributed by atoms with Gasteiger partial charge in [0.2, 0.25) is 0 Å². The van der Waals surface area contributed by atoms with E-state index in [1.165, 1.54) is 23.5 Å². The second kappa shape index (κ2) is 16.4. The minimum Gasteiger partial charge on any atom is -0.479 e. The second-order valence-corrected chi connectivity index (χ2v) is 14.6. The average molecular weight is 726 g/mol. The lowest BCUT2D eigenvalue weighted by Gasteiger charge is -2.36. The second-order valence-electron chi connectivity index (χ2n) is 12.5. The van der Waals surface area contributed by atoms with Crippen LogP contribution in [-0.4, -0.2) is 60.5 Å². The molecule has 1 aromatic heterocycles. The number of carbonyl (C=O) groups excluding carboxylic acids is 2. The molecule has 0 N–H and O–H groups in total. The topological polar surface area (TPSA) is 72.0 Å². The Balaban J connectivity index is 1.33. The van der Waals surface area contributed by atoms with Gasteiger partial charge in [0, 0.05) is 65.1 Å². The zero-order valence-electron chi connectivity index (χ0n) is 28.9. The van der Waals surface area contributed by atoms with Crippen LogP contribution in [-0.2, 0) is 28.0 Å². The van der Waals surface area contributed by atoms with Gasteiger partial charge in [0.25, 0.3) is 0 Å². The number of halogens is 3. The number of ether oxygens (including phenoxy) is 2. The summed E-state index contributed by atoms with van der Waals surface area (Å²) in [7, 11) is 0. The summed E-state index contributed by atoms with van der Waals surface area (Å²) in [6.07, 6.45) is -5.14. The minimum absolute atomic E-state index is 0.0429. The first-order valence-electron chi connectivity index (χ1n) is 16.7. The lowest BCUT2D eigenvalue weighted by atomic mass is 10.0. The molecule has 1 fully saturated rings. The number of hydrogen-bond acceptors (Lipinski definition) is 9. The third kappa shape index (κ3) is 9.46. The summed E-state index contributed by atoms with van der Waals surface area (Å²) in [6, 6.07) is 18.8. The monoisotopic (exact) mass is 725 g/mol. The minimum atomic E-state index is -4.40. The fourth-order valence-corrected chi connectivity index (χ4v) is 7.77. The van der Waals surface area contributed by atoms with E-state index in [9.17, 15) is 22.8 Å². The molecule has 2 heterocycles. The Hall–Kier alpha value is -3.87. The van der Waals surface area contributed by atoms with Gasteiger partial charge in [-0.15, -0.1) is 23.1 Å². The highest BCUT2D eigenvalue weighted by atomic mass is 32.2. The molecule has 1 atom stereocenters. The highest BCUT2D eigenvalue weighted by Crippen LogP contribution is 2.38. The molecule has 4 aromatic rings. The van der Waals surface area contributed by atoms with E-state index in [-0.39, 0.29) is 18.3 Å². The van der Waals surface area contributed by atoms with Crippen LogP contribution < -0.4 is 9.64 Å². The Kier molecular flexibility index (Phi) is 12.3. The molecule has 0 aliphatic carbocycles. The molecule has 0 amide bonds. The zero-order chi connectivity index (χ0) is 36.0. The third-order valence-corrected chi connectivity index (χ3v) is 10.9. The predicted octanol–water partition coefficient (Wildman–Crippen LogP) is 9.10. The van der Waals surface area contributed by atoms with Crippen LogP contribution in [0.3, 0.4) is 0 Å². The van der Waals surface area contributed by atoms with Crippen LogP contribution >= 0.6 is 23.1 Å². The van der Waals surface area contributed by atoms with Crippen LogP contribution in [0.4, 0.5) is 18.9 Å². The number of anilines is 1. The Morgan fingerprint density at radius 1 is 0.960 bits per heavy atom. The first-order chi connectivity index (χ1) is 23.8. The SMILES string of the molecule is CCOC(=O)C(C)Oc1ccc(SCc2sc(-c3ccc(C(F)(F)F)cc3)nc2CN2CCN(c3ccc(C(C)=O)cc3)CC2)cc1C(C)C. The molecule has 3 aromatic carbocycles. The van der Waals surface area contributed by atoms with Gasteiger partial charge in [-0.3, -0.25) is 9.69 Å². The number of hydrogen-bond donors (Lipinski definition) is 0. The fraction of sp³-hybridized carbons (Fsp3) is 0.395. The molecule has 1 aliphatic rings. The van der Waals surface area contributed by atoms with Crippen molar-refractivity contribution in [2.24, 2.45) is 0 Å². The Bertz CT molecular complexity index is 1770. The number of carbonyl (C=O) groups is 2. The Labute approximate surface area is 299 Å². The first-order valence-corrected chi connectivity index (χ1v) is 18.5. The first kappa shape index (κ1) is 37.4. The maximum Gasteiger partial charge on any atom is 0.416 e. The number of nitrogens with zero attached hydrogens (tertiary/aromatic N) is 3. The standard InChI is InChI=1S/C38H42F3N3O4S2/c1-6-47-37(46)26(5)48-34-16-15-31(21-32(34)24(2)3)49-23-35-33(42-36(50-35)28-7-11-29(12-8-28)38(39,40)41)22-43-17-19-44(20-18-43)30-13-9-27(10-14-30)25(4)45/h7-16,21,24,26H,6,17-20,22-23H2,1-5H3. The average Bonchev–Trinajstić information content (AvgIpc) is 3.50. The van der Waals surface area contributed by atoms with E-state index in [4.69, 9.17) is 14.5 Å². The number of thiazole rings is 1. The molecule has 5 rings (SSSR count). The summed E-state index contributed by atoms with van der Waals surface area (Å²) in [4.78, 5) is 35.6. The molecule has 12 heteroatoms. The van der Waals surface area contributed by atoms with Gasteiger partial charge in [-0.2, -0.15) is 13.2 Å². The summed E-state index contributed by atoms with van der Waals surface area (Å²) in [6.45, 7) is 13.3. The number of esters is 1. The Morgan fingerprint density at radius 2 is 1.64 bits per heavy atom. The van der Waals surface area contributed by atoms with Crippen LogP contribution in [0.2, 0.25) is 0 Å². The molecule has 1 aliphatic heterocycles. The van der Waals surface area contributed by atoms with E-state index in [0.717, 1.165) is 65.0 Å². The number of piperazine rings is 1. The van der Waals surface area contributed by atoms with Crippen molar-refractivity contribution in [1.29, 1.82) is 0 Å². The normalized spacial score (nSPS) is 14.5. The fourth-order valence-electron chi connectivity index (χ4n) is 5.65. The number of alkyl halides is 3. The lowest BCUT2D eigenvalue weighted by Crippen LogP contribution is -2.46. The smallest absolute Gasteiger partial charge is 0.416 e. The van der Waals surface area contributed by atoms with E-state index in [2.05, 4.69) is 29.7 Å². The number of aromatic nitrogens is 1. The number of rotatable bonds is 13. The van der Waals surface area contributed by atoms with Gasteiger partial charge in [-0.1, -0.05) is 26.0 Å². The summed E-state index contributed by atoms with van der Waals surface area (Å²) in [5.41, 5.74) is 3.64.